The number of nitrogens with zero attached hydrogens (tertiary/aromatic N) is 4. The van der Waals surface area contributed by atoms with Crippen LogP contribution in [0, 0.1) is 5.82 Å². The molecule has 2 aromatic heterocycles. The lowest BCUT2D eigenvalue weighted by Crippen LogP contribution is -2.49. The second kappa shape index (κ2) is 8.53. The first kappa shape index (κ1) is 22.6. The Bertz CT molecular complexity index is 1170. The summed E-state index contributed by atoms with van der Waals surface area (Å²) < 4.78 is 60.8. The molecule has 12 heteroatoms. The van der Waals surface area contributed by atoms with Crippen LogP contribution in [0.25, 0.3) is 0 Å². The van der Waals surface area contributed by atoms with Crippen molar-refractivity contribution in [2.75, 3.05) is 36.4 Å². The number of carbonyl (C=O) groups excluding carboxylic acids is 1. The van der Waals surface area contributed by atoms with Gasteiger partial charge in [0.1, 0.15) is 22.4 Å². The largest absolute Gasteiger partial charge is 0.467 e. The number of rotatable bonds is 3. The van der Waals surface area contributed by atoms with Gasteiger partial charge in [0.2, 0.25) is 0 Å². The van der Waals surface area contributed by atoms with Gasteiger partial charge in [-0.3, -0.25) is 4.79 Å². The molecule has 3 aromatic rings. The smallest absolute Gasteiger partial charge is 0.410 e. The molecular weight excluding hydrogens is 478 g/mol. The lowest BCUT2D eigenvalue weighted by atomic mass is 10.0. The van der Waals surface area contributed by atoms with Gasteiger partial charge in [-0.15, -0.1) is 0 Å². The highest BCUT2D eigenvalue weighted by molar-refractivity contribution is 6.36. The minimum atomic E-state index is -4.60. The van der Waals surface area contributed by atoms with Crippen LogP contribution in [0.15, 0.2) is 47.1 Å². The van der Waals surface area contributed by atoms with Gasteiger partial charge in [0.25, 0.3) is 5.91 Å². The van der Waals surface area contributed by atoms with E-state index in [0.717, 1.165) is 10.4 Å². The quantitative estimate of drug-likeness (QED) is 0.522. The maximum absolute atomic E-state index is 13.9. The summed E-state index contributed by atoms with van der Waals surface area (Å²) in [4.78, 5) is 16.7. The van der Waals surface area contributed by atoms with E-state index in [2.05, 4.69) is 10.4 Å². The van der Waals surface area contributed by atoms with E-state index >= 15 is 0 Å². The predicted molar refractivity (Wildman–Crippen MR) is 117 cm³/mol. The van der Waals surface area contributed by atoms with Crippen LogP contribution < -0.4 is 10.2 Å². The summed E-state index contributed by atoms with van der Waals surface area (Å²) >= 11 is 6.40. The fraction of sp³-hybridized carbons (Fsp3) is 0.364. The van der Waals surface area contributed by atoms with Gasteiger partial charge in [-0.25, -0.2) is 9.07 Å². The molecule has 180 valence electrons. The second-order valence-corrected chi connectivity index (χ2v) is 8.59. The fourth-order valence-electron chi connectivity index (χ4n) is 4.37. The number of aromatic nitrogens is 2. The maximum atomic E-state index is 13.9. The van der Waals surface area contributed by atoms with Crippen molar-refractivity contribution in [2.45, 2.75) is 24.7 Å². The Morgan fingerprint density at radius 2 is 1.82 bits per heavy atom. The summed E-state index contributed by atoms with van der Waals surface area (Å²) in [7, 11) is 0. The Balaban J connectivity index is 1.37. The monoisotopic (exact) mass is 497 g/mol. The van der Waals surface area contributed by atoms with Crippen LogP contribution in [-0.4, -0.2) is 52.9 Å². The molecule has 0 radical (unpaired) electrons. The molecule has 1 amide bonds. The van der Waals surface area contributed by atoms with E-state index in [0.29, 0.717) is 31.9 Å². The highest BCUT2D eigenvalue weighted by atomic mass is 35.5. The van der Waals surface area contributed by atoms with E-state index < -0.39 is 24.2 Å². The fourth-order valence-corrected chi connectivity index (χ4v) is 4.63. The molecule has 34 heavy (non-hydrogen) atoms. The normalized spacial score (nSPS) is 20.7. The molecule has 0 spiro atoms. The third-order valence-corrected chi connectivity index (χ3v) is 6.50. The van der Waals surface area contributed by atoms with Crippen LogP contribution in [0.3, 0.4) is 0 Å². The third-order valence-electron chi connectivity index (χ3n) is 6.14. The number of benzene rings is 1. The number of alkyl halides is 3. The first-order valence-electron chi connectivity index (χ1n) is 10.7. The Kier molecular flexibility index (Phi) is 5.67. The summed E-state index contributed by atoms with van der Waals surface area (Å²) in [5.41, 5.74) is 0.596. The van der Waals surface area contributed by atoms with Gasteiger partial charge < -0.3 is 19.5 Å². The van der Waals surface area contributed by atoms with Crippen molar-refractivity contribution in [3.8, 4) is 0 Å². The Morgan fingerprint density at radius 1 is 1.12 bits per heavy atom. The van der Waals surface area contributed by atoms with Crippen molar-refractivity contribution < 1.29 is 26.8 Å². The Hall–Kier alpha value is -3.21. The average Bonchev–Trinajstić information content (AvgIpc) is 3.47. The molecule has 2 atom stereocenters. The van der Waals surface area contributed by atoms with E-state index in [4.69, 9.17) is 16.0 Å². The van der Waals surface area contributed by atoms with Crippen molar-refractivity contribution in [3.05, 3.63) is 65.0 Å². The van der Waals surface area contributed by atoms with Gasteiger partial charge in [0.15, 0.2) is 11.7 Å². The standard InChI is InChI=1S/C22H20ClF4N5O2/c23-18-19(21(33)31-9-7-30(8-10-31)14-5-3-13(24)4-6-14)29-32-17(22(25,26)27)12-15(28-20(18)32)16-2-1-11-34-16/h1-6,11,15,17,28H,7-10,12H2/t15-,17+/m0/s1. The van der Waals surface area contributed by atoms with Gasteiger partial charge in [-0.05, 0) is 36.4 Å². The summed E-state index contributed by atoms with van der Waals surface area (Å²) in [6.07, 6.45) is -3.57. The number of furan rings is 1. The minimum absolute atomic E-state index is 0.0649. The molecule has 1 saturated heterocycles. The maximum Gasteiger partial charge on any atom is 0.410 e. The van der Waals surface area contributed by atoms with Crippen molar-refractivity contribution in [1.29, 1.82) is 0 Å². The van der Waals surface area contributed by atoms with Gasteiger partial charge >= 0.3 is 6.18 Å². The van der Waals surface area contributed by atoms with Crippen LogP contribution in [-0.2, 0) is 0 Å². The zero-order valence-corrected chi connectivity index (χ0v) is 18.5. The number of anilines is 2. The summed E-state index contributed by atoms with van der Waals surface area (Å²) in [5.74, 6) is -0.605. The van der Waals surface area contributed by atoms with E-state index in [1.165, 1.54) is 23.3 Å². The Labute approximate surface area is 196 Å². The number of nitrogens with one attached hydrogen (secondary N) is 1. The van der Waals surface area contributed by atoms with Gasteiger partial charge in [-0.1, -0.05) is 11.6 Å². The first-order valence-corrected chi connectivity index (χ1v) is 11.0. The Morgan fingerprint density at radius 3 is 2.44 bits per heavy atom. The zero-order valence-electron chi connectivity index (χ0n) is 17.7. The van der Waals surface area contributed by atoms with Crippen LogP contribution in [0.1, 0.15) is 34.8 Å². The molecule has 0 unspecified atom stereocenters. The number of amides is 1. The highest BCUT2D eigenvalue weighted by Gasteiger charge is 2.48. The van der Waals surface area contributed by atoms with Crippen molar-refractivity contribution in [3.63, 3.8) is 0 Å². The molecule has 4 heterocycles. The summed E-state index contributed by atoms with van der Waals surface area (Å²) in [5, 5.41) is 6.79. The predicted octanol–water partition coefficient (Wildman–Crippen LogP) is 4.89. The molecule has 2 aliphatic rings. The van der Waals surface area contributed by atoms with E-state index in [1.807, 2.05) is 4.90 Å². The van der Waals surface area contributed by atoms with E-state index in [-0.39, 0.29) is 28.8 Å². The molecule has 2 aliphatic heterocycles. The molecule has 0 bridgehead atoms. The minimum Gasteiger partial charge on any atom is -0.467 e. The van der Waals surface area contributed by atoms with Gasteiger partial charge in [-0.2, -0.15) is 18.3 Å². The van der Waals surface area contributed by atoms with Crippen molar-refractivity contribution >= 4 is 29.0 Å². The topological polar surface area (TPSA) is 66.5 Å². The third kappa shape index (κ3) is 4.08. The van der Waals surface area contributed by atoms with E-state index in [1.54, 1.807) is 24.3 Å². The number of fused-ring (bicyclic) bond motifs is 1. The lowest BCUT2D eigenvalue weighted by molar-refractivity contribution is -0.174. The van der Waals surface area contributed by atoms with Crippen LogP contribution in [0.2, 0.25) is 5.02 Å². The van der Waals surface area contributed by atoms with E-state index in [9.17, 15) is 22.4 Å². The number of carbonyl (C=O) groups is 1. The number of piperazine rings is 1. The molecule has 7 nitrogen and oxygen atoms in total. The van der Waals surface area contributed by atoms with Crippen molar-refractivity contribution in [1.82, 2.24) is 14.7 Å². The zero-order chi connectivity index (χ0) is 24.0. The highest BCUT2D eigenvalue weighted by Crippen LogP contribution is 2.46. The first-order chi connectivity index (χ1) is 16.2. The van der Waals surface area contributed by atoms with Crippen LogP contribution >= 0.6 is 11.6 Å². The lowest BCUT2D eigenvalue weighted by Gasteiger charge is -2.35. The molecular formula is C22H20ClF4N5O2. The van der Waals surface area contributed by atoms with Gasteiger partial charge in [0, 0.05) is 38.3 Å². The summed E-state index contributed by atoms with van der Waals surface area (Å²) in [6, 6.07) is 6.48. The number of hydrogen-bond donors (Lipinski definition) is 1. The number of hydrogen-bond acceptors (Lipinski definition) is 5. The molecule has 0 aliphatic carbocycles. The SMILES string of the molecule is O=C(c1nn2c(c1Cl)N[C@H](c1ccco1)C[C@@H]2C(F)(F)F)N1CCN(c2ccc(F)cc2)CC1. The van der Waals surface area contributed by atoms with Crippen molar-refractivity contribution in [2.24, 2.45) is 0 Å². The summed E-state index contributed by atoms with van der Waals surface area (Å²) in [6.45, 7) is 1.60. The average molecular weight is 498 g/mol. The number of halogens is 5. The molecule has 1 aromatic carbocycles. The van der Waals surface area contributed by atoms with Crippen LogP contribution in [0.4, 0.5) is 29.1 Å². The molecule has 1 N–H and O–H groups in total. The van der Waals surface area contributed by atoms with Gasteiger partial charge in [0.05, 0.1) is 12.3 Å². The van der Waals surface area contributed by atoms with Crippen LogP contribution in [0.5, 0.6) is 0 Å². The molecule has 1 fully saturated rings. The molecule has 0 saturated carbocycles. The molecule has 5 rings (SSSR count). The second-order valence-electron chi connectivity index (χ2n) is 8.22.